The molecule has 0 aliphatic heterocycles. The van der Waals surface area contributed by atoms with Crippen LogP contribution < -0.4 is 5.73 Å². The van der Waals surface area contributed by atoms with Gasteiger partial charge >= 0.3 is 0 Å². The van der Waals surface area contributed by atoms with Crippen LogP contribution in [0.3, 0.4) is 0 Å². The minimum Gasteiger partial charge on any atom is -0.327 e. The molecule has 2 aromatic heterocycles. The zero-order chi connectivity index (χ0) is 12.1. The van der Waals surface area contributed by atoms with Crippen LogP contribution in [0.2, 0.25) is 0 Å². The maximum atomic E-state index is 6.11. The van der Waals surface area contributed by atoms with Gasteiger partial charge in [0.15, 0.2) is 0 Å². The summed E-state index contributed by atoms with van der Waals surface area (Å²) in [5.74, 6) is 0. The summed E-state index contributed by atoms with van der Waals surface area (Å²) in [4.78, 5) is 4.09. The largest absolute Gasteiger partial charge is 0.327 e. The second-order valence-electron chi connectivity index (χ2n) is 4.39. The highest BCUT2D eigenvalue weighted by molar-refractivity contribution is 5.10. The number of hydrogen-bond acceptors (Lipinski definition) is 3. The Labute approximate surface area is 101 Å². The van der Waals surface area contributed by atoms with E-state index in [4.69, 9.17) is 5.73 Å². The van der Waals surface area contributed by atoms with Gasteiger partial charge in [0.25, 0.3) is 0 Å². The number of aromatic nitrogens is 3. The van der Waals surface area contributed by atoms with Crippen LogP contribution in [-0.4, -0.2) is 20.8 Å². The van der Waals surface area contributed by atoms with Crippen molar-refractivity contribution < 1.29 is 0 Å². The predicted molar refractivity (Wildman–Crippen MR) is 67.4 cm³/mol. The van der Waals surface area contributed by atoms with Crippen molar-refractivity contribution in [3.05, 3.63) is 48.0 Å². The van der Waals surface area contributed by atoms with Gasteiger partial charge in [-0.15, -0.1) is 0 Å². The molecule has 1 atom stereocenters. The summed E-state index contributed by atoms with van der Waals surface area (Å²) in [6.45, 7) is 0. The zero-order valence-corrected chi connectivity index (χ0v) is 10.1. The van der Waals surface area contributed by atoms with Gasteiger partial charge in [0, 0.05) is 31.7 Å². The van der Waals surface area contributed by atoms with Gasteiger partial charge in [0.2, 0.25) is 0 Å². The predicted octanol–water partition coefficient (Wildman–Crippen LogP) is 1.32. The van der Waals surface area contributed by atoms with Crippen molar-refractivity contribution in [3.8, 4) is 0 Å². The van der Waals surface area contributed by atoms with Crippen molar-refractivity contribution in [2.24, 2.45) is 12.8 Å². The second kappa shape index (κ2) is 5.59. The fourth-order valence-electron chi connectivity index (χ4n) is 1.88. The number of rotatable bonds is 5. The molecule has 0 saturated heterocycles. The molecule has 90 valence electrons. The zero-order valence-electron chi connectivity index (χ0n) is 10.1. The lowest BCUT2D eigenvalue weighted by atomic mass is 10.0. The van der Waals surface area contributed by atoms with E-state index in [1.807, 2.05) is 36.4 Å². The normalized spacial score (nSPS) is 12.6. The number of pyridine rings is 1. The van der Waals surface area contributed by atoms with Crippen molar-refractivity contribution >= 4 is 0 Å². The Hall–Kier alpha value is -1.68. The first-order valence-corrected chi connectivity index (χ1v) is 5.86. The molecule has 0 fully saturated rings. The standard InChI is InChI=1S/C13H18N4/c1-17-10-12(9-16-17)4-5-13(14)7-11-3-2-6-15-8-11/h2-3,6,8-10,13H,4-5,7,14H2,1H3. The molecule has 0 aliphatic rings. The molecule has 4 heteroatoms. The molecule has 2 N–H and O–H groups in total. The fraction of sp³-hybridized carbons (Fsp3) is 0.385. The SMILES string of the molecule is Cn1cc(CCC(N)Cc2cccnc2)cn1. The lowest BCUT2D eigenvalue weighted by Crippen LogP contribution is -2.23. The van der Waals surface area contributed by atoms with E-state index in [0.717, 1.165) is 19.3 Å². The Kier molecular flexibility index (Phi) is 3.88. The van der Waals surface area contributed by atoms with Gasteiger partial charge in [-0.1, -0.05) is 6.07 Å². The Bertz CT molecular complexity index is 449. The van der Waals surface area contributed by atoms with Gasteiger partial charge in [-0.3, -0.25) is 9.67 Å². The van der Waals surface area contributed by atoms with Crippen LogP contribution >= 0.6 is 0 Å². The lowest BCUT2D eigenvalue weighted by molar-refractivity contribution is 0.609. The van der Waals surface area contributed by atoms with Gasteiger partial charge in [0.05, 0.1) is 6.20 Å². The average Bonchev–Trinajstić information content (AvgIpc) is 2.74. The van der Waals surface area contributed by atoms with Crippen molar-refractivity contribution in [2.45, 2.75) is 25.3 Å². The summed E-state index contributed by atoms with van der Waals surface area (Å²) in [5.41, 5.74) is 8.55. The minimum atomic E-state index is 0.180. The van der Waals surface area contributed by atoms with E-state index in [9.17, 15) is 0 Å². The summed E-state index contributed by atoms with van der Waals surface area (Å²) >= 11 is 0. The van der Waals surface area contributed by atoms with Crippen molar-refractivity contribution in [1.82, 2.24) is 14.8 Å². The van der Waals surface area contributed by atoms with E-state index < -0.39 is 0 Å². The van der Waals surface area contributed by atoms with Gasteiger partial charge in [-0.25, -0.2) is 0 Å². The minimum absolute atomic E-state index is 0.180. The first-order chi connectivity index (χ1) is 8.24. The van der Waals surface area contributed by atoms with E-state index in [-0.39, 0.29) is 6.04 Å². The van der Waals surface area contributed by atoms with Gasteiger partial charge < -0.3 is 5.73 Å². The molecule has 0 aromatic carbocycles. The van der Waals surface area contributed by atoms with Gasteiger partial charge in [0.1, 0.15) is 0 Å². The van der Waals surface area contributed by atoms with Crippen molar-refractivity contribution in [3.63, 3.8) is 0 Å². The molecule has 0 radical (unpaired) electrons. The number of nitrogens with two attached hydrogens (primary N) is 1. The van der Waals surface area contributed by atoms with E-state index in [0.29, 0.717) is 0 Å². The topological polar surface area (TPSA) is 56.7 Å². The molecular weight excluding hydrogens is 212 g/mol. The van der Waals surface area contributed by atoms with Gasteiger partial charge in [-0.2, -0.15) is 5.10 Å². The summed E-state index contributed by atoms with van der Waals surface area (Å²) < 4.78 is 1.82. The third kappa shape index (κ3) is 3.67. The molecule has 0 bridgehead atoms. The summed E-state index contributed by atoms with van der Waals surface area (Å²) in [6, 6.07) is 4.19. The molecule has 2 heterocycles. The van der Waals surface area contributed by atoms with E-state index >= 15 is 0 Å². The maximum absolute atomic E-state index is 6.11. The highest BCUT2D eigenvalue weighted by Gasteiger charge is 2.05. The number of hydrogen-bond donors (Lipinski definition) is 1. The third-order valence-corrected chi connectivity index (χ3v) is 2.78. The quantitative estimate of drug-likeness (QED) is 0.842. The van der Waals surface area contributed by atoms with Crippen LogP contribution in [0.4, 0.5) is 0 Å². The summed E-state index contributed by atoms with van der Waals surface area (Å²) in [6.07, 6.45) is 10.4. The highest BCUT2D eigenvalue weighted by atomic mass is 15.2. The summed E-state index contributed by atoms with van der Waals surface area (Å²) in [7, 11) is 1.93. The molecule has 1 unspecified atom stereocenters. The van der Waals surface area contributed by atoms with Crippen LogP contribution in [-0.2, 0) is 19.9 Å². The summed E-state index contributed by atoms with van der Waals surface area (Å²) in [5, 5.41) is 4.14. The molecule has 0 spiro atoms. The van der Waals surface area contributed by atoms with Crippen LogP contribution in [0.5, 0.6) is 0 Å². The van der Waals surface area contributed by atoms with E-state index in [1.165, 1.54) is 11.1 Å². The monoisotopic (exact) mass is 230 g/mol. The van der Waals surface area contributed by atoms with Crippen LogP contribution in [0.15, 0.2) is 36.9 Å². The highest BCUT2D eigenvalue weighted by Crippen LogP contribution is 2.07. The van der Waals surface area contributed by atoms with E-state index in [1.54, 1.807) is 6.20 Å². The first-order valence-electron chi connectivity index (χ1n) is 5.86. The fourth-order valence-corrected chi connectivity index (χ4v) is 1.88. The first kappa shape index (κ1) is 11.8. The molecule has 17 heavy (non-hydrogen) atoms. The molecule has 0 saturated carbocycles. The van der Waals surface area contributed by atoms with Crippen LogP contribution in [0, 0.1) is 0 Å². The molecule has 0 aliphatic carbocycles. The van der Waals surface area contributed by atoms with Crippen LogP contribution in [0.1, 0.15) is 17.5 Å². The molecule has 2 rings (SSSR count). The third-order valence-electron chi connectivity index (χ3n) is 2.78. The molecule has 2 aromatic rings. The average molecular weight is 230 g/mol. The van der Waals surface area contributed by atoms with Gasteiger partial charge in [-0.05, 0) is 36.5 Å². The Morgan fingerprint density at radius 3 is 2.88 bits per heavy atom. The number of aryl methyl sites for hydroxylation is 2. The maximum Gasteiger partial charge on any atom is 0.0521 e. The van der Waals surface area contributed by atoms with E-state index in [2.05, 4.69) is 16.1 Å². The lowest BCUT2D eigenvalue weighted by Gasteiger charge is -2.10. The van der Waals surface area contributed by atoms with Crippen LogP contribution in [0.25, 0.3) is 0 Å². The number of nitrogens with zero attached hydrogens (tertiary/aromatic N) is 3. The Morgan fingerprint density at radius 1 is 1.35 bits per heavy atom. The molecule has 0 amide bonds. The Balaban J connectivity index is 1.80. The molecule has 4 nitrogen and oxygen atoms in total. The molecular formula is C13H18N4. The van der Waals surface area contributed by atoms with Crippen molar-refractivity contribution in [1.29, 1.82) is 0 Å². The smallest absolute Gasteiger partial charge is 0.0521 e. The van der Waals surface area contributed by atoms with Crippen molar-refractivity contribution in [2.75, 3.05) is 0 Å². The Morgan fingerprint density at radius 2 is 2.24 bits per heavy atom. The second-order valence-corrected chi connectivity index (χ2v) is 4.39.